The van der Waals surface area contributed by atoms with E-state index in [0.29, 0.717) is 4.52 Å². The lowest BCUT2D eigenvalue weighted by molar-refractivity contribution is -0.141. The van der Waals surface area contributed by atoms with Crippen molar-refractivity contribution in [3.63, 3.8) is 0 Å². The summed E-state index contributed by atoms with van der Waals surface area (Å²) in [7, 11) is 1.19. The Morgan fingerprint density at radius 1 is 1.23 bits per heavy atom. The Morgan fingerprint density at radius 2 is 1.85 bits per heavy atom. The highest BCUT2D eigenvalue weighted by molar-refractivity contribution is 6.04. The fourth-order valence-electron chi connectivity index (χ4n) is 2.20. The van der Waals surface area contributed by atoms with Gasteiger partial charge in [0.15, 0.2) is 5.69 Å². The molecule has 0 aliphatic rings. The van der Waals surface area contributed by atoms with Crippen molar-refractivity contribution in [2.75, 3.05) is 12.4 Å². The first-order valence-corrected chi connectivity index (χ1v) is 7.25. The number of halogens is 3. The van der Waals surface area contributed by atoms with Crippen LogP contribution in [0.1, 0.15) is 36.8 Å². The van der Waals surface area contributed by atoms with Crippen LogP contribution in [-0.2, 0) is 10.9 Å². The van der Waals surface area contributed by atoms with Crippen molar-refractivity contribution in [1.29, 1.82) is 0 Å². The summed E-state index contributed by atoms with van der Waals surface area (Å²) in [6.45, 7) is 4.79. The number of aromatic nitrogens is 2. The van der Waals surface area contributed by atoms with Crippen molar-refractivity contribution in [3.8, 4) is 5.88 Å². The summed E-state index contributed by atoms with van der Waals surface area (Å²) in [6, 6.07) is 2.44. The number of carboxylic acid groups (broad SMARTS) is 1. The third kappa shape index (κ3) is 3.81. The van der Waals surface area contributed by atoms with Gasteiger partial charge >= 0.3 is 18.2 Å². The maximum Gasteiger partial charge on any atom is 0.436 e. The predicted octanol–water partition coefficient (Wildman–Crippen LogP) is 3.41. The number of ether oxygens (including phenoxy) is 2. The molecule has 0 saturated heterocycles. The molecule has 0 atom stereocenters. The van der Waals surface area contributed by atoms with Crippen molar-refractivity contribution in [2.24, 2.45) is 0 Å². The highest BCUT2D eigenvalue weighted by atomic mass is 19.4. The van der Waals surface area contributed by atoms with E-state index in [1.807, 2.05) is 0 Å². The highest BCUT2D eigenvalue weighted by Crippen LogP contribution is 2.37. The molecule has 0 saturated carbocycles. The van der Waals surface area contributed by atoms with Crippen molar-refractivity contribution < 1.29 is 37.3 Å². The third-order valence-electron chi connectivity index (χ3n) is 3.07. The van der Waals surface area contributed by atoms with Crippen molar-refractivity contribution in [1.82, 2.24) is 9.61 Å². The third-order valence-corrected chi connectivity index (χ3v) is 3.07. The van der Waals surface area contributed by atoms with Gasteiger partial charge in [-0.3, -0.25) is 5.32 Å². The Balaban J connectivity index is 2.71. The van der Waals surface area contributed by atoms with Gasteiger partial charge < -0.3 is 14.6 Å². The molecule has 8 nitrogen and oxygen atoms in total. The Kier molecular flexibility index (Phi) is 4.75. The van der Waals surface area contributed by atoms with Crippen molar-refractivity contribution in [3.05, 3.63) is 23.4 Å². The second-order valence-electron chi connectivity index (χ2n) is 6.20. The number of hydrogen-bond acceptors (Lipinski definition) is 5. The molecular weight excluding hydrogens is 359 g/mol. The van der Waals surface area contributed by atoms with E-state index in [0.717, 1.165) is 0 Å². The molecule has 2 heterocycles. The lowest BCUT2D eigenvalue weighted by atomic mass is 10.1. The predicted molar refractivity (Wildman–Crippen MR) is 83.6 cm³/mol. The maximum atomic E-state index is 13.2. The van der Waals surface area contributed by atoms with Gasteiger partial charge in [0.25, 0.3) is 0 Å². The first-order chi connectivity index (χ1) is 11.8. The molecule has 0 aromatic carbocycles. The van der Waals surface area contributed by atoms with E-state index < -0.39 is 40.6 Å². The van der Waals surface area contributed by atoms with Crippen LogP contribution < -0.4 is 10.1 Å². The highest BCUT2D eigenvalue weighted by Gasteiger charge is 2.41. The van der Waals surface area contributed by atoms with Crippen molar-refractivity contribution >= 4 is 23.3 Å². The number of alkyl halides is 3. The van der Waals surface area contributed by atoms with Gasteiger partial charge in [-0.25, -0.2) is 9.59 Å². The number of nitrogens with zero attached hydrogens (tertiary/aromatic N) is 2. The van der Waals surface area contributed by atoms with Crippen LogP contribution in [-0.4, -0.2) is 39.5 Å². The Hall–Kier alpha value is -2.98. The van der Waals surface area contributed by atoms with Gasteiger partial charge in [-0.1, -0.05) is 0 Å². The number of carbonyl (C=O) groups excluding carboxylic acids is 1. The number of rotatable bonds is 3. The van der Waals surface area contributed by atoms with E-state index in [1.54, 1.807) is 20.8 Å². The summed E-state index contributed by atoms with van der Waals surface area (Å²) in [4.78, 5) is 23.4. The standard InChI is InChI=1S/C15H16F3N3O5/c1-14(2,3)26-13(24)19-7-5-6-8(25-4)21-10(7)9(12(22)23)11(20-21)15(16,17)18/h5-6H,1-4H3,(H,19,24)(H,22,23). The molecule has 1 amide bonds. The van der Waals surface area contributed by atoms with Crippen LogP contribution in [0.15, 0.2) is 12.1 Å². The summed E-state index contributed by atoms with van der Waals surface area (Å²) in [5, 5.41) is 14.8. The van der Waals surface area contributed by atoms with E-state index >= 15 is 0 Å². The second kappa shape index (κ2) is 6.39. The Morgan fingerprint density at radius 3 is 2.31 bits per heavy atom. The molecule has 0 spiro atoms. The van der Waals surface area contributed by atoms with Gasteiger partial charge in [-0.2, -0.15) is 22.8 Å². The fourth-order valence-corrected chi connectivity index (χ4v) is 2.20. The SMILES string of the molecule is COc1ccc(NC(=O)OC(C)(C)C)c2c(C(=O)O)c(C(F)(F)F)nn12. The zero-order chi connectivity index (χ0) is 19.9. The molecule has 0 aliphatic heterocycles. The average Bonchev–Trinajstić information content (AvgIpc) is 2.86. The molecule has 0 bridgehead atoms. The number of pyridine rings is 1. The van der Waals surface area contributed by atoms with Crippen LogP contribution in [0.3, 0.4) is 0 Å². The van der Waals surface area contributed by atoms with Crippen LogP contribution in [0.5, 0.6) is 5.88 Å². The molecule has 2 N–H and O–H groups in total. The fraction of sp³-hybridized carbons (Fsp3) is 0.400. The zero-order valence-corrected chi connectivity index (χ0v) is 14.3. The minimum absolute atomic E-state index is 0.146. The van der Waals surface area contributed by atoms with E-state index in [1.165, 1.54) is 19.2 Å². The topological polar surface area (TPSA) is 102 Å². The molecule has 11 heteroatoms. The minimum atomic E-state index is -5.02. The first kappa shape index (κ1) is 19.3. The maximum absolute atomic E-state index is 13.2. The van der Waals surface area contributed by atoms with Crippen LogP contribution in [0, 0.1) is 0 Å². The van der Waals surface area contributed by atoms with Crippen molar-refractivity contribution in [2.45, 2.75) is 32.5 Å². The lowest BCUT2D eigenvalue weighted by Crippen LogP contribution is -2.27. The van der Waals surface area contributed by atoms with Crippen LogP contribution in [0.25, 0.3) is 5.52 Å². The zero-order valence-electron chi connectivity index (χ0n) is 14.3. The van der Waals surface area contributed by atoms with Gasteiger partial charge in [0.1, 0.15) is 16.7 Å². The molecule has 2 aromatic heterocycles. The second-order valence-corrected chi connectivity index (χ2v) is 6.20. The van der Waals surface area contributed by atoms with E-state index in [9.17, 15) is 27.9 Å². The van der Waals surface area contributed by atoms with Crippen LogP contribution >= 0.6 is 0 Å². The molecule has 26 heavy (non-hydrogen) atoms. The summed E-state index contributed by atoms with van der Waals surface area (Å²) in [5.41, 5.74) is -4.28. The number of hydrogen-bond donors (Lipinski definition) is 2. The first-order valence-electron chi connectivity index (χ1n) is 7.25. The number of methoxy groups -OCH3 is 1. The number of amides is 1. The molecule has 142 valence electrons. The Labute approximate surface area is 145 Å². The summed E-state index contributed by atoms with van der Waals surface area (Å²) in [5.74, 6) is -2.00. The number of carbonyl (C=O) groups is 2. The molecule has 0 aliphatic carbocycles. The molecular formula is C15H16F3N3O5. The quantitative estimate of drug-likeness (QED) is 0.852. The molecule has 2 aromatic rings. The van der Waals surface area contributed by atoms with Gasteiger partial charge in [-0.15, -0.1) is 0 Å². The number of carboxylic acids is 1. The molecule has 0 unspecified atom stereocenters. The number of fused-ring (bicyclic) bond motifs is 1. The molecule has 0 radical (unpaired) electrons. The number of anilines is 1. The van der Waals surface area contributed by atoms with Gasteiger partial charge in [0.2, 0.25) is 5.88 Å². The smallest absolute Gasteiger partial charge is 0.436 e. The summed E-state index contributed by atoms with van der Waals surface area (Å²) >= 11 is 0. The normalized spacial score (nSPS) is 12.1. The monoisotopic (exact) mass is 375 g/mol. The van der Waals surface area contributed by atoms with Gasteiger partial charge in [0.05, 0.1) is 12.8 Å². The van der Waals surface area contributed by atoms with Crippen LogP contribution in [0.2, 0.25) is 0 Å². The number of nitrogens with one attached hydrogen (secondary N) is 1. The van der Waals surface area contributed by atoms with Crippen LogP contribution in [0.4, 0.5) is 23.7 Å². The molecule has 2 rings (SSSR count). The lowest BCUT2D eigenvalue weighted by Gasteiger charge is -2.20. The largest absolute Gasteiger partial charge is 0.481 e. The summed E-state index contributed by atoms with van der Waals surface area (Å²) < 4.78 is 50.3. The van der Waals surface area contributed by atoms with Gasteiger partial charge in [-0.05, 0) is 26.8 Å². The summed E-state index contributed by atoms with van der Waals surface area (Å²) in [6.07, 6.45) is -5.98. The molecule has 0 fully saturated rings. The van der Waals surface area contributed by atoms with Gasteiger partial charge in [0, 0.05) is 6.07 Å². The average molecular weight is 375 g/mol. The van der Waals surface area contributed by atoms with E-state index in [4.69, 9.17) is 9.47 Å². The van der Waals surface area contributed by atoms with E-state index in [2.05, 4.69) is 10.4 Å². The van der Waals surface area contributed by atoms with E-state index in [-0.39, 0.29) is 11.6 Å². The Bertz CT molecular complexity index is 868. The number of aromatic carboxylic acids is 1. The minimum Gasteiger partial charge on any atom is -0.481 e.